The first-order chi connectivity index (χ1) is 14.6. The molecular weight excluding hydrogens is 398 g/mol. The molecule has 0 radical (unpaired) electrons. The molecule has 0 saturated heterocycles. The van der Waals surface area contributed by atoms with Crippen molar-refractivity contribution in [3.8, 4) is 11.5 Å². The lowest BCUT2D eigenvalue weighted by Gasteiger charge is -2.06. The summed E-state index contributed by atoms with van der Waals surface area (Å²) in [5.74, 6) is 0.593. The van der Waals surface area contributed by atoms with E-state index in [1.165, 1.54) is 11.8 Å². The van der Waals surface area contributed by atoms with E-state index < -0.39 is 0 Å². The molecule has 0 aliphatic heterocycles. The van der Waals surface area contributed by atoms with E-state index in [2.05, 4.69) is 22.4 Å². The maximum atomic E-state index is 12.5. The molecule has 0 aliphatic carbocycles. The molecule has 0 spiro atoms. The van der Waals surface area contributed by atoms with Crippen LogP contribution in [0.2, 0.25) is 0 Å². The number of nitrogens with one attached hydrogen (secondary N) is 1. The van der Waals surface area contributed by atoms with E-state index in [1.54, 1.807) is 24.3 Å². The normalized spacial score (nSPS) is 10.7. The number of hydrogen-bond donors (Lipinski definition) is 1. The summed E-state index contributed by atoms with van der Waals surface area (Å²) in [4.78, 5) is 24.3. The first-order valence-electron chi connectivity index (χ1n) is 10.0. The Bertz CT molecular complexity index is 999. The molecule has 2 aromatic carbocycles. The second-order valence-electron chi connectivity index (χ2n) is 6.98. The Kier molecular flexibility index (Phi) is 7.79. The monoisotopic (exact) mass is 423 g/mol. The predicted octanol–water partition coefficient (Wildman–Crippen LogP) is 5.54. The van der Waals surface area contributed by atoms with Gasteiger partial charge in [-0.15, -0.1) is 10.2 Å². The van der Waals surface area contributed by atoms with Gasteiger partial charge in [0, 0.05) is 23.2 Å². The maximum Gasteiger partial charge on any atom is 0.277 e. The molecule has 1 amide bonds. The van der Waals surface area contributed by atoms with Gasteiger partial charge in [-0.2, -0.15) is 0 Å². The summed E-state index contributed by atoms with van der Waals surface area (Å²) in [6, 6.07) is 14.7. The number of rotatable bonds is 10. The second-order valence-corrected chi connectivity index (χ2v) is 7.91. The molecule has 3 rings (SSSR count). The van der Waals surface area contributed by atoms with Crippen LogP contribution in [0.1, 0.15) is 48.5 Å². The third kappa shape index (κ3) is 6.03. The van der Waals surface area contributed by atoms with E-state index in [1.807, 2.05) is 31.2 Å². The lowest BCUT2D eigenvalue weighted by Crippen LogP contribution is -2.11. The minimum absolute atomic E-state index is 0.000988. The van der Waals surface area contributed by atoms with Crippen LogP contribution in [0, 0.1) is 6.92 Å². The number of ketones is 1. The summed E-state index contributed by atoms with van der Waals surface area (Å²) in [5.41, 5.74) is 3.20. The zero-order chi connectivity index (χ0) is 21.3. The number of carbonyl (C=O) groups excluding carboxylic acids is 2. The van der Waals surface area contributed by atoms with E-state index in [9.17, 15) is 9.59 Å². The van der Waals surface area contributed by atoms with Crippen molar-refractivity contribution in [3.63, 3.8) is 0 Å². The van der Waals surface area contributed by atoms with Gasteiger partial charge in [-0.25, -0.2) is 0 Å². The molecule has 7 heteroatoms. The number of nitrogens with zero attached hydrogens (tertiary/aromatic N) is 2. The van der Waals surface area contributed by atoms with Gasteiger partial charge in [-0.05, 0) is 49.2 Å². The average molecular weight is 424 g/mol. The third-order valence-corrected chi connectivity index (χ3v) is 5.43. The van der Waals surface area contributed by atoms with Gasteiger partial charge in [0.1, 0.15) is 0 Å². The van der Waals surface area contributed by atoms with E-state index in [-0.39, 0.29) is 17.4 Å². The van der Waals surface area contributed by atoms with Crippen molar-refractivity contribution in [1.82, 2.24) is 10.2 Å². The summed E-state index contributed by atoms with van der Waals surface area (Å²) in [6.07, 6.45) is 3.53. The van der Waals surface area contributed by atoms with Crippen molar-refractivity contribution in [3.05, 3.63) is 59.7 Å². The fraction of sp³-hybridized carbons (Fsp3) is 0.304. The zero-order valence-electron chi connectivity index (χ0n) is 17.2. The highest BCUT2D eigenvalue weighted by atomic mass is 32.2. The fourth-order valence-electron chi connectivity index (χ4n) is 2.90. The van der Waals surface area contributed by atoms with Crippen LogP contribution in [0.25, 0.3) is 11.5 Å². The van der Waals surface area contributed by atoms with E-state index in [4.69, 9.17) is 4.42 Å². The van der Waals surface area contributed by atoms with Crippen molar-refractivity contribution in [2.45, 2.75) is 44.8 Å². The van der Waals surface area contributed by atoms with Crippen LogP contribution in [-0.4, -0.2) is 27.6 Å². The van der Waals surface area contributed by atoms with Crippen molar-refractivity contribution in [2.24, 2.45) is 0 Å². The van der Waals surface area contributed by atoms with Gasteiger partial charge in [0.2, 0.25) is 11.8 Å². The smallest absolute Gasteiger partial charge is 0.277 e. The number of amides is 1. The molecule has 0 fully saturated rings. The maximum absolute atomic E-state index is 12.5. The molecule has 1 heterocycles. The second kappa shape index (κ2) is 10.7. The van der Waals surface area contributed by atoms with Crippen molar-refractivity contribution >= 4 is 29.1 Å². The number of anilines is 1. The van der Waals surface area contributed by atoms with Crippen LogP contribution in [-0.2, 0) is 4.79 Å². The van der Waals surface area contributed by atoms with Gasteiger partial charge in [-0.3, -0.25) is 9.59 Å². The number of aryl methyl sites for hydroxylation is 1. The highest BCUT2D eigenvalue weighted by Gasteiger charge is 2.14. The van der Waals surface area contributed by atoms with Crippen molar-refractivity contribution in [1.29, 1.82) is 0 Å². The molecule has 6 nitrogen and oxygen atoms in total. The Morgan fingerprint density at radius 1 is 1.03 bits per heavy atom. The number of carbonyl (C=O) groups is 2. The first-order valence-corrected chi connectivity index (χ1v) is 11.0. The molecule has 30 heavy (non-hydrogen) atoms. The van der Waals surface area contributed by atoms with Gasteiger partial charge < -0.3 is 9.73 Å². The number of hydrogen-bond acceptors (Lipinski definition) is 6. The molecule has 1 aromatic heterocycles. The van der Waals surface area contributed by atoms with E-state index in [0.717, 1.165) is 30.4 Å². The van der Waals surface area contributed by atoms with Gasteiger partial charge in [0.15, 0.2) is 5.78 Å². The molecule has 156 valence electrons. The molecule has 1 N–H and O–H groups in total. The summed E-state index contributed by atoms with van der Waals surface area (Å²) >= 11 is 1.21. The molecule has 0 bridgehead atoms. The number of aromatic nitrogens is 2. The van der Waals surface area contributed by atoms with E-state index in [0.29, 0.717) is 28.8 Å². The van der Waals surface area contributed by atoms with Gasteiger partial charge in [0.05, 0.1) is 5.75 Å². The van der Waals surface area contributed by atoms with Gasteiger partial charge in [0.25, 0.3) is 5.22 Å². The number of unbranched alkanes of at least 4 members (excludes halogenated alkanes) is 2. The highest BCUT2D eigenvalue weighted by Crippen LogP contribution is 2.26. The van der Waals surface area contributed by atoms with Crippen LogP contribution in [0.5, 0.6) is 0 Å². The first kappa shape index (κ1) is 21.8. The number of thioether (sulfide) groups is 1. The zero-order valence-corrected chi connectivity index (χ0v) is 18.0. The standard InChI is InChI=1S/C23H25N3O3S/c1-3-4-5-10-21(28)24-18-13-11-17(12-14-18)20(27)15-30-23-26-25-22(29-23)19-9-7-6-8-16(19)2/h6-9,11-14H,3-5,10,15H2,1-2H3,(H,24,28). The Hall–Kier alpha value is -2.93. The van der Waals surface area contributed by atoms with E-state index >= 15 is 0 Å². The molecule has 0 saturated carbocycles. The van der Waals surface area contributed by atoms with Crippen LogP contribution in [0.15, 0.2) is 58.2 Å². The van der Waals surface area contributed by atoms with Gasteiger partial charge >= 0.3 is 0 Å². The lowest BCUT2D eigenvalue weighted by molar-refractivity contribution is -0.116. The average Bonchev–Trinajstić information content (AvgIpc) is 3.22. The SMILES string of the molecule is CCCCCC(=O)Nc1ccc(C(=O)CSc2nnc(-c3ccccc3C)o2)cc1. The van der Waals surface area contributed by atoms with Crippen LogP contribution in [0.4, 0.5) is 5.69 Å². The Balaban J connectivity index is 1.52. The largest absolute Gasteiger partial charge is 0.411 e. The topological polar surface area (TPSA) is 85.1 Å². The summed E-state index contributed by atoms with van der Waals surface area (Å²) < 4.78 is 5.68. The number of benzene rings is 2. The Morgan fingerprint density at radius 2 is 1.80 bits per heavy atom. The van der Waals surface area contributed by atoms with Crippen LogP contribution < -0.4 is 5.32 Å². The predicted molar refractivity (Wildman–Crippen MR) is 119 cm³/mol. The summed E-state index contributed by atoms with van der Waals surface area (Å²) in [6.45, 7) is 4.08. The molecule has 0 aliphatic rings. The molecule has 3 aromatic rings. The fourth-order valence-corrected chi connectivity index (χ4v) is 3.56. The van der Waals surface area contributed by atoms with Crippen molar-refractivity contribution < 1.29 is 14.0 Å². The van der Waals surface area contributed by atoms with Gasteiger partial charge in [-0.1, -0.05) is 49.7 Å². The Morgan fingerprint density at radius 3 is 2.53 bits per heavy atom. The Labute approximate surface area is 180 Å². The minimum Gasteiger partial charge on any atom is -0.411 e. The number of Topliss-reactive ketones (excluding diaryl/α,β-unsaturated/α-hetero) is 1. The molecule has 0 atom stereocenters. The van der Waals surface area contributed by atoms with Crippen molar-refractivity contribution in [2.75, 3.05) is 11.1 Å². The summed E-state index contributed by atoms with van der Waals surface area (Å²) in [7, 11) is 0. The molecular formula is C23H25N3O3S. The lowest BCUT2D eigenvalue weighted by atomic mass is 10.1. The summed E-state index contributed by atoms with van der Waals surface area (Å²) in [5, 5.41) is 11.3. The van der Waals surface area contributed by atoms with Crippen LogP contribution >= 0.6 is 11.8 Å². The van der Waals surface area contributed by atoms with Crippen LogP contribution in [0.3, 0.4) is 0 Å². The quantitative estimate of drug-likeness (QED) is 0.262. The minimum atomic E-state index is -0.0449. The third-order valence-electron chi connectivity index (χ3n) is 4.61. The molecule has 0 unspecified atom stereocenters. The highest BCUT2D eigenvalue weighted by molar-refractivity contribution is 7.99.